The minimum Gasteiger partial charge on any atom is -0.478 e. The second-order valence-electron chi connectivity index (χ2n) is 12.8. The Hall–Kier alpha value is -3.77. The SMILES string of the molecule is O=C(O)c1ccc(-c2nn(C(=O)c3c(Cl)cccc3C3(C(F)(F)F)CC3)c3c2CCC(C(=O)N2CCC(N4CCC4)C2)C3)c(F)c1. The van der Waals surface area contributed by atoms with E-state index >= 15 is 4.39 Å². The molecule has 8 nitrogen and oxygen atoms in total. The van der Waals surface area contributed by atoms with Crippen LogP contribution in [0.15, 0.2) is 36.4 Å². The smallest absolute Gasteiger partial charge is 0.398 e. The summed E-state index contributed by atoms with van der Waals surface area (Å²) in [6.07, 6.45) is -2.21. The number of benzene rings is 2. The van der Waals surface area contributed by atoms with Crippen molar-refractivity contribution >= 4 is 29.4 Å². The van der Waals surface area contributed by atoms with E-state index in [4.69, 9.17) is 11.6 Å². The van der Waals surface area contributed by atoms with Crippen molar-refractivity contribution < 1.29 is 37.1 Å². The van der Waals surface area contributed by atoms with Crippen LogP contribution < -0.4 is 0 Å². The number of carbonyl (C=O) groups excluding carboxylic acids is 2. The Labute approximate surface area is 266 Å². The third kappa shape index (κ3) is 5.00. The van der Waals surface area contributed by atoms with Gasteiger partial charge in [-0.25, -0.2) is 9.18 Å². The van der Waals surface area contributed by atoms with Gasteiger partial charge in [0, 0.05) is 42.6 Å². The lowest BCUT2D eigenvalue weighted by Gasteiger charge is -2.36. The number of carboxylic acid groups (broad SMARTS) is 1. The number of rotatable bonds is 6. The third-order valence-electron chi connectivity index (χ3n) is 10.2. The zero-order valence-corrected chi connectivity index (χ0v) is 25.5. The van der Waals surface area contributed by atoms with Gasteiger partial charge in [-0.2, -0.15) is 23.0 Å². The summed E-state index contributed by atoms with van der Waals surface area (Å²) >= 11 is 6.45. The first kappa shape index (κ1) is 30.9. The van der Waals surface area contributed by atoms with E-state index in [1.54, 1.807) is 0 Å². The fourth-order valence-corrected chi connectivity index (χ4v) is 7.58. The number of halogens is 5. The Kier molecular flexibility index (Phi) is 7.51. The van der Waals surface area contributed by atoms with Gasteiger partial charge in [0.15, 0.2) is 0 Å². The maximum absolute atomic E-state index is 15.4. The van der Waals surface area contributed by atoms with E-state index in [-0.39, 0.29) is 64.6 Å². The van der Waals surface area contributed by atoms with Gasteiger partial charge in [0.2, 0.25) is 5.91 Å². The molecular formula is C33H31ClF4N4O4. The van der Waals surface area contributed by atoms with Crippen LogP contribution in [0.2, 0.25) is 5.02 Å². The number of aromatic nitrogens is 2. The molecular weight excluding hydrogens is 628 g/mol. The second-order valence-corrected chi connectivity index (χ2v) is 13.2. The summed E-state index contributed by atoms with van der Waals surface area (Å²) in [4.78, 5) is 43.7. The molecule has 1 aromatic heterocycles. The Balaban J connectivity index is 1.29. The predicted octanol–water partition coefficient (Wildman–Crippen LogP) is 5.73. The van der Waals surface area contributed by atoms with Crippen molar-refractivity contribution in [3.8, 4) is 11.3 Å². The van der Waals surface area contributed by atoms with E-state index < -0.39 is 35.2 Å². The minimum atomic E-state index is -4.61. The highest BCUT2D eigenvalue weighted by atomic mass is 35.5. The van der Waals surface area contributed by atoms with E-state index in [9.17, 15) is 32.7 Å². The Morgan fingerprint density at radius 3 is 2.43 bits per heavy atom. The number of carbonyl (C=O) groups is 3. The van der Waals surface area contributed by atoms with E-state index in [0.29, 0.717) is 36.8 Å². The zero-order chi connectivity index (χ0) is 32.5. The molecule has 3 aromatic rings. The van der Waals surface area contributed by atoms with Crippen LogP contribution in [-0.4, -0.2) is 80.9 Å². The van der Waals surface area contributed by atoms with Crippen molar-refractivity contribution in [2.24, 2.45) is 5.92 Å². The van der Waals surface area contributed by atoms with Gasteiger partial charge < -0.3 is 10.0 Å². The molecule has 1 saturated carbocycles. The molecule has 3 heterocycles. The monoisotopic (exact) mass is 658 g/mol. The molecule has 2 aliphatic heterocycles. The van der Waals surface area contributed by atoms with Gasteiger partial charge in [0.05, 0.1) is 33.0 Å². The first-order valence-corrected chi connectivity index (χ1v) is 15.8. The van der Waals surface area contributed by atoms with Gasteiger partial charge in [-0.3, -0.25) is 14.5 Å². The molecule has 242 valence electrons. The zero-order valence-electron chi connectivity index (χ0n) is 24.7. The molecule has 46 heavy (non-hydrogen) atoms. The lowest BCUT2D eigenvalue weighted by atomic mass is 9.84. The molecule has 0 radical (unpaired) electrons. The number of hydrogen-bond acceptors (Lipinski definition) is 5. The van der Waals surface area contributed by atoms with E-state index in [1.807, 2.05) is 4.90 Å². The van der Waals surface area contributed by atoms with Gasteiger partial charge in [0.25, 0.3) is 5.91 Å². The first-order chi connectivity index (χ1) is 21.9. The number of aromatic carboxylic acids is 1. The second kappa shape index (κ2) is 11.2. The topological polar surface area (TPSA) is 95.7 Å². The van der Waals surface area contributed by atoms with Gasteiger partial charge in [-0.15, -0.1) is 0 Å². The Bertz CT molecular complexity index is 1760. The van der Waals surface area contributed by atoms with Gasteiger partial charge >= 0.3 is 12.1 Å². The summed E-state index contributed by atoms with van der Waals surface area (Å²) in [6, 6.07) is 7.63. The third-order valence-corrected chi connectivity index (χ3v) is 10.5. The normalized spacial score (nSPS) is 22.3. The van der Waals surface area contributed by atoms with Crippen molar-refractivity contribution in [3.63, 3.8) is 0 Å². The molecule has 2 aliphatic carbocycles. The number of amides is 1. The molecule has 0 spiro atoms. The van der Waals surface area contributed by atoms with Crippen LogP contribution in [-0.2, 0) is 23.1 Å². The molecule has 3 fully saturated rings. The number of alkyl halides is 3. The van der Waals surface area contributed by atoms with E-state index in [0.717, 1.165) is 36.7 Å². The van der Waals surface area contributed by atoms with E-state index in [1.165, 1.54) is 30.3 Å². The maximum Gasteiger partial charge on any atom is 0.398 e. The van der Waals surface area contributed by atoms with Crippen molar-refractivity contribution in [1.29, 1.82) is 0 Å². The van der Waals surface area contributed by atoms with Crippen LogP contribution in [0.3, 0.4) is 0 Å². The van der Waals surface area contributed by atoms with Crippen LogP contribution in [0.5, 0.6) is 0 Å². The molecule has 13 heteroatoms. The van der Waals surface area contributed by atoms with Crippen LogP contribution in [0.1, 0.15) is 69.6 Å². The quantitative estimate of drug-likeness (QED) is 0.340. The van der Waals surface area contributed by atoms with Crippen molar-refractivity contribution in [2.75, 3.05) is 26.2 Å². The van der Waals surface area contributed by atoms with Crippen molar-refractivity contribution in [2.45, 2.75) is 62.6 Å². The Morgan fingerprint density at radius 1 is 1.04 bits per heavy atom. The molecule has 7 rings (SSSR count). The molecule has 1 amide bonds. The first-order valence-electron chi connectivity index (χ1n) is 15.5. The molecule has 2 unspecified atom stereocenters. The fourth-order valence-electron chi connectivity index (χ4n) is 7.33. The number of hydrogen-bond donors (Lipinski definition) is 1. The molecule has 2 aromatic carbocycles. The fraction of sp³-hybridized carbons (Fsp3) is 0.455. The number of fused-ring (bicyclic) bond motifs is 1. The number of nitrogens with zero attached hydrogens (tertiary/aromatic N) is 4. The van der Waals surface area contributed by atoms with Crippen molar-refractivity contribution in [3.05, 3.63) is 75.2 Å². The van der Waals surface area contributed by atoms with Gasteiger partial charge in [0.1, 0.15) is 5.82 Å². The average Bonchev–Trinajstić information content (AvgIpc) is 3.55. The summed E-state index contributed by atoms with van der Waals surface area (Å²) in [5.74, 6) is -3.65. The highest BCUT2D eigenvalue weighted by molar-refractivity contribution is 6.34. The van der Waals surface area contributed by atoms with Gasteiger partial charge in [-0.1, -0.05) is 23.7 Å². The number of carboxylic acids is 1. The average molecular weight is 659 g/mol. The maximum atomic E-state index is 15.4. The lowest BCUT2D eigenvalue weighted by molar-refractivity contribution is -0.160. The molecule has 2 saturated heterocycles. The largest absolute Gasteiger partial charge is 0.478 e. The summed E-state index contributed by atoms with van der Waals surface area (Å²) in [6.45, 7) is 3.28. The standard InChI is InChI=1S/C33H31ClF4N4O4/c34-24-4-1-3-23(32(10-11-32)33(36,37)38)27(24)30(44)42-26-16-18(29(43)41-14-9-20(17-41)40-12-2-13-40)5-8-22(26)28(39-42)21-7-6-19(31(45)46)15-25(21)35/h1,3-4,6-7,15,18,20H,2,5,8-14,16-17H2,(H,45,46). The molecule has 1 N–H and O–H groups in total. The Morgan fingerprint density at radius 2 is 1.80 bits per heavy atom. The summed E-state index contributed by atoms with van der Waals surface area (Å²) in [7, 11) is 0. The lowest BCUT2D eigenvalue weighted by Crippen LogP contribution is -2.47. The molecule has 2 atom stereocenters. The minimum absolute atomic E-state index is 0.0529. The van der Waals surface area contributed by atoms with Gasteiger partial charge in [-0.05, 0) is 81.4 Å². The van der Waals surface area contributed by atoms with E-state index in [2.05, 4.69) is 10.00 Å². The summed E-state index contributed by atoms with van der Waals surface area (Å²) < 4.78 is 59.2. The highest BCUT2D eigenvalue weighted by Gasteiger charge is 2.65. The van der Waals surface area contributed by atoms with Crippen LogP contribution in [0, 0.1) is 11.7 Å². The van der Waals surface area contributed by atoms with Crippen LogP contribution >= 0.6 is 11.6 Å². The molecule has 4 aliphatic rings. The number of likely N-dealkylation sites (tertiary alicyclic amines) is 2. The summed E-state index contributed by atoms with van der Waals surface area (Å²) in [5, 5.41) is 13.6. The van der Waals surface area contributed by atoms with Crippen molar-refractivity contribution in [1.82, 2.24) is 19.6 Å². The summed E-state index contributed by atoms with van der Waals surface area (Å²) in [5.41, 5.74) is -2.23. The van der Waals surface area contributed by atoms with Crippen LogP contribution in [0.4, 0.5) is 17.6 Å². The van der Waals surface area contributed by atoms with Crippen LogP contribution in [0.25, 0.3) is 11.3 Å². The molecule has 0 bridgehead atoms. The predicted molar refractivity (Wildman–Crippen MR) is 159 cm³/mol. The highest BCUT2D eigenvalue weighted by Crippen LogP contribution is 2.60.